The van der Waals surface area contributed by atoms with Crippen LogP contribution in [0.1, 0.15) is 29.7 Å². The number of carbonyl (C=O) groups is 2. The number of ketones is 1. The molecule has 3 heterocycles. The normalized spacial score (nSPS) is 21.5. The van der Waals surface area contributed by atoms with Crippen molar-refractivity contribution in [2.75, 3.05) is 4.90 Å². The van der Waals surface area contributed by atoms with Crippen molar-refractivity contribution in [1.82, 2.24) is 4.98 Å². The molecule has 32 heavy (non-hydrogen) atoms. The highest BCUT2D eigenvalue weighted by Crippen LogP contribution is 2.42. The van der Waals surface area contributed by atoms with E-state index in [-0.39, 0.29) is 17.4 Å². The number of amides is 1. The highest BCUT2D eigenvalue weighted by molar-refractivity contribution is 6.51. The molecule has 6 nitrogen and oxygen atoms in total. The Labute approximate surface area is 189 Å². The average molecular weight is 447 g/mol. The number of nitrogens with zero attached hydrogens (tertiary/aromatic N) is 2. The van der Waals surface area contributed by atoms with E-state index < -0.39 is 17.7 Å². The van der Waals surface area contributed by atoms with Crippen molar-refractivity contribution >= 4 is 34.7 Å². The predicted molar refractivity (Wildman–Crippen MR) is 121 cm³/mol. The summed E-state index contributed by atoms with van der Waals surface area (Å²) >= 11 is 6.01. The molecule has 7 heteroatoms. The molecule has 5 rings (SSSR count). The molecule has 2 aliphatic rings. The molecule has 2 unspecified atom stereocenters. The molecule has 2 atom stereocenters. The van der Waals surface area contributed by atoms with Gasteiger partial charge in [0.25, 0.3) is 11.7 Å². The first kappa shape index (κ1) is 20.3. The van der Waals surface area contributed by atoms with E-state index in [1.54, 1.807) is 60.9 Å². The summed E-state index contributed by atoms with van der Waals surface area (Å²) in [6.07, 6.45) is 3.96. The number of pyridine rings is 1. The lowest BCUT2D eigenvalue weighted by molar-refractivity contribution is -0.132. The number of aliphatic hydroxyl groups is 1. The predicted octanol–water partition coefficient (Wildman–Crippen LogP) is 4.68. The molecule has 1 N–H and O–H groups in total. The molecule has 160 valence electrons. The van der Waals surface area contributed by atoms with Crippen molar-refractivity contribution in [3.05, 3.63) is 94.3 Å². The smallest absolute Gasteiger partial charge is 0.300 e. The van der Waals surface area contributed by atoms with E-state index in [0.717, 1.165) is 11.3 Å². The summed E-state index contributed by atoms with van der Waals surface area (Å²) in [5, 5.41) is 11.8. The van der Waals surface area contributed by atoms with Crippen molar-refractivity contribution in [2.24, 2.45) is 0 Å². The van der Waals surface area contributed by atoms with E-state index in [0.29, 0.717) is 28.3 Å². The van der Waals surface area contributed by atoms with E-state index in [1.165, 1.54) is 4.90 Å². The Balaban J connectivity index is 1.68. The van der Waals surface area contributed by atoms with Crippen LogP contribution in [0.3, 0.4) is 0 Å². The molecule has 1 aromatic heterocycles. The van der Waals surface area contributed by atoms with Crippen LogP contribution in [-0.2, 0) is 16.0 Å². The zero-order valence-corrected chi connectivity index (χ0v) is 17.9. The first-order chi connectivity index (χ1) is 15.4. The average Bonchev–Trinajstić information content (AvgIpc) is 3.30. The summed E-state index contributed by atoms with van der Waals surface area (Å²) in [5.74, 6) is -0.937. The molecule has 2 aromatic carbocycles. The van der Waals surface area contributed by atoms with Crippen LogP contribution in [0.5, 0.6) is 5.75 Å². The SMILES string of the molecule is CC1Cc2cc(/C(O)=C3/C(=O)C(=O)N(c4ccc(Cl)cc4)C3c3cccnc3)ccc2O1. The highest BCUT2D eigenvalue weighted by Gasteiger charge is 2.47. The van der Waals surface area contributed by atoms with Gasteiger partial charge in [-0.25, -0.2) is 0 Å². The van der Waals surface area contributed by atoms with Gasteiger partial charge in [-0.05, 0) is 66.6 Å². The minimum Gasteiger partial charge on any atom is -0.507 e. The van der Waals surface area contributed by atoms with Gasteiger partial charge in [0, 0.05) is 35.1 Å². The Morgan fingerprint density at radius 2 is 1.94 bits per heavy atom. The quantitative estimate of drug-likeness (QED) is 0.359. The third-order valence-corrected chi connectivity index (χ3v) is 5.97. The van der Waals surface area contributed by atoms with Crippen LogP contribution in [0, 0.1) is 0 Å². The summed E-state index contributed by atoms with van der Waals surface area (Å²) < 4.78 is 5.73. The first-order valence-electron chi connectivity index (χ1n) is 10.2. The number of fused-ring (bicyclic) bond motifs is 1. The van der Waals surface area contributed by atoms with Gasteiger partial charge < -0.3 is 9.84 Å². The summed E-state index contributed by atoms with van der Waals surface area (Å²) in [5.41, 5.74) is 2.54. The van der Waals surface area contributed by atoms with Crippen LogP contribution in [0.15, 0.2) is 72.6 Å². The lowest BCUT2D eigenvalue weighted by atomic mass is 9.95. The number of rotatable bonds is 3. The van der Waals surface area contributed by atoms with Crippen molar-refractivity contribution < 1.29 is 19.4 Å². The second kappa shape index (κ2) is 7.80. The number of Topliss-reactive ketones (excluding diaryl/α,β-unsaturated/α-hetero) is 1. The molecular weight excluding hydrogens is 428 g/mol. The molecule has 2 aliphatic heterocycles. The topological polar surface area (TPSA) is 79.7 Å². The molecule has 1 fully saturated rings. The second-order valence-corrected chi connectivity index (χ2v) is 8.32. The summed E-state index contributed by atoms with van der Waals surface area (Å²) in [7, 11) is 0. The monoisotopic (exact) mass is 446 g/mol. The van der Waals surface area contributed by atoms with E-state index in [1.807, 2.05) is 13.0 Å². The maximum absolute atomic E-state index is 13.2. The number of carbonyl (C=O) groups excluding carboxylic acids is 2. The number of aromatic nitrogens is 1. The maximum Gasteiger partial charge on any atom is 0.300 e. The lowest BCUT2D eigenvalue weighted by Gasteiger charge is -2.25. The Morgan fingerprint density at radius 3 is 2.66 bits per heavy atom. The van der Waals surface area contributed by atoms with Crippen molar-refractivity contribution in [2.45, 2.75) is 25.5 Å². The lowest BCUT2D eigenvalue weighted by Crippen LogP contribution is -2.29. The molecule has 0 radical (unpaired) electrons. The van der Waals surface area contributed by atoms with Gasteiger partial charge in [0.05, 0.1) is 11.6 Å². The minimum absolute atomic E-state index is 0.0184. The van der Waals surface area contributed by atoms with E-state index in [4.69, 9.17) is 16.3 Å². The zero-order chi connectivity index (χ0) is 22.4. The fourth-order valence-corrected chi connectivity index (χ4v) is 4.40. The van der Waals surface area contributed by atoms with Crippen molar-refractivity contribution in [3.63, 3.8) is 0 Å². The molecule has 0 aliphatic carbocycles. The van der Waals surface area contributed by atoms with Gasteiger partial charge in [-0.3, -0.25) is 19.5 Å². The van der Waals surface area contributed by atoms with Crippen molar-refractivity contribution in [3.8, 4) is 5.75 Å². The van der Waals surface area contributed by atoms with E-state index >= 15 is 0 Å². The molecule has 3 aromatic rings. The maximum atomic E-state index is 13.2. The fraction of sp³-hybridized carbons (Fsp3) is 0.160. The van der Waals surface area contributed by atoms with Gasteiger partial charge in [0.2, 0.25) is 0 Å². The van der Waals surface area contributed by atoms with Crippen LogP contribution in [0.4, 0.5) is 5.69 Å². The van der Waals surface area contributed by atoms with Gasteiger partial charge in [-0.1, -0.05) is 17.7 Å². The van der Waals surface area contributed by atoms with E-state index in [2.05, 4.69) is 4.98 Å². The number of aliphatic hydroxyl groups excluding tert-OH is 1. The number of halogens is 1. The first-order valence-corrected chi connectivity index (χ1v) is 10.6. The third-order valence-electron chi connectivity index (χ3n) is 5.72. The number of benzene rings is 2. The number of hydrogen-bond donors (Lipinski definition) is 1. The zero-order valence-electron chi connectivity index (χ0n) is 17.2. The Morgan fingerprint density at radius 1 is 1.16 bits per heavy atom. The number of ether oxygens (including phenoxy) is 1. The van der Waals surface area contributed by atoms with Gasteiger partial charge >= 0.3 is 0 Å². The molecule has 1 amide bonds. The Kier molecular flexibility index (Phi) is 4.94. The standard InChI is InChI=1S/C25H19ClN2O4/c1-14-11-17-12-15(4-9-20(17)32-14)23(29)21-22(16-3-2-10-27-13-16)28(25(31)24(21)30)19-7-5-18(26)6-8-19/h2-10,12-14,22,29H,11H2,1H3/b23-21-. The fourth-order valence-electron chi connectivity index (χ4n) is 4.28. The Hall–Kier alpha value is -3.64. The van der Waals surface area contributed by atoms with Crippen LogP contribution in [0.2, 0.25) is 5.02 Å². The minimum atomic E-state index is -0.826. The molecule has 0 bridgehead atoms. The van der Waals surface area contributed by atoms with Crippen LogP contribution >= 0.6 is 11.6 Å². The summed E-state index contributed by atoms with van der Waals surface area (Å²) in [4.78, 5) is 31.8. The number of hydrogen-bond acceptors (Lipinski definition) is 5. The summed E-state index contributed by atoms with van der Waals surface area (Å²) in [6, 6.07) is 14.6. The van der Waals surface area contributed by atoms with Crippen LogP contribution in [0.25, 0.3) is 5.76 Å². The molecule has 0 saturated carbocycles. The molecule has 1 saturated heterocycles. The second-order valence-electron chi connectivity index (χ2n) is 7.89. The van der Waals surface area contributed by atoms with Crippen LogP contribution in [-0.4, -0.2) is 27.9 Å². The van der Waals surface area contributed by atoms with Gasteiger partial charge in [0.15, 0.2) is 0 Å². The largest absolute Gasteiger partial charge is 0.507 e. The van der Waals surface area contributed by atoms with Gasteiger partial charge in [0.1, 0.15) is 17.6 Å². The highest BCUT2D eigenvalue weighted by atomic mass is 35.5. The Bertz CT molecular complexity index is 1250. The van der Waals surface area contributed by atoms with Gasteiger partial charge in [-0.15, -0.1) is 0 Å². The van der Waals surface area contributed by atoms with Crippen LogP contribution < -0.4 is 9.64 Å². The molecule has 0 spiro atoms. The summed E-state index contributed by atoms with van der Waals surface area (Å²) in [6.45, 7) is 1.97. The molecular formula is C25H19ClN2O4. The van der Waals surface area contributed by atoms with Gasteiger partial charge in [-0.2, -0.15) is 0 Å². The third kappa shape index (κ3) is 3.33. The van der Waals surface area contributed by atoms with E-state index in [9.17, 15) is 14.7 Å². The van der Waals surface area contributed by atoms with Crippen molar-refractivity contribution in [1.29, 1.82) is 0 Å². The number of anilines is 1.